The van der Waals surface area contributed by atoms with E-state index in [0.29, 0.717) is 0 Å². The molecule has 0 saturated carbocycles. The van der Waals surface area contributed by atoms with Crippen LogP contribution in [0.1, 0.15) is 41.7 Å². The number of hydrogen-bond donors (Lipinski definition) is 0. The van der Waals surface area contributed by atoms with Gasteiger partial charge in [0.1, 0.15) is 23.1 Å². The molecule has 1 unspecified atom stereocenters. The normalized spacial score (nSPS) is 18.3. The minimum atomic E-state index is -0.994. The van der Waals surface area contributed by atoms with Crippen LogP contribution in [0.25, 0.3) is 28.0 Å². The summed E-state index contributed by atoms with van der Waals surface area (Å²) in [5, 5.41) is 2.03. The summed E-state index contributed by atoms with van der Waals surface area (Å²) in [4.78, 5) is 0. The van der Waals surface area contributed by atoms with E-state index in [0.717, 1.165) is 61.2 Å². The summed E-state index contributed by atoms with van der Waals surface area (Å²) >= 11 is 0. The third kappa shape index (κ3) is 3.31. The van der Waals surface area contributed by atoms with Crippen LogP contribution in [-0.4, -0.2) is 7.11 Å². The van der Waals surface area contributed by atoms with Crippen LogP contribution in [0.4, 0.5) is 8.78 Å². The molecule has 4 heteroatoms. The smallest absolute Gasteiger partial charge is 0.178 e. The van der Waals surface area contributed by atoms with Gasteiger partial charge in [-0.2, -0.15) is 0 Å². The highest BCUT2D eigenvalue weighted by atomic mass is 19.1. The van der Waals surface area contributed by atoms with Gasteiger partial charge < -0.3 is 9.47 Å². The molecule has 7 rings (SSSR count). The Bertz CT molecular complexity index is 1800. The zero-order chi connectivity index (χ0) is 26.9. The molecule has 2 nitrogen and oxygen atoms in total. The van der Waals surface area contributed by atoms with Gasteiger partial charge in [-0.1, -0.05) is 74.5 Å². The van der Waals surface area contributed by atoms with Crippen molar-refractivity contribution >= 4 is 16.8 Å². The second kappa shape index (κ2) is 8.28. The number of fused-ring (bicyclic) bond motifs is 8. The highest BCUT2D eigenvalue weighted by Gasteiger charge is 2.44. The van der Waals surface area contributed by atoms with Gasteiger partial charge in [0.05, 0.1) is 7.11 Å². The van der Waals surface area contributed by atoms with E-state index in [1.54, 1.807) is 25.3 Å². The average molecular weight is 517 g/mol. The molecule has 0 N–H and O–H groups in total. The number of halogens is 2. The Balaban J connectivity index is 1.54. The maximum atomic E-state index is 14.5. The van der Waals surface area contributed by atoms with Crippen molar-refractivity contribution in [3.63, 3.8) is 0 Å². The Labute approximate surface area is 226 Å². The lowest BCUT2D eigenvalue weighted by Gasteiger charge is -2.38. The van der Waals surface area contributed by atoms with Gasteiger partial charge in [-0.25, -0.2) is 8.78 Å². The van der Waals surface area contributed by atoms with Crippen LogP contribution in [0, 0.1) is 11.6 Å². The lowest BCUT2D eigenvalue weighted by molar-refractivity contribution is 0.163. The summed E-state index contributed by atoms with van der Waals surface area (Å²) in [7, 11) is 1.64. The number of benzene rings is 5. The minimum Gasteiger partial charge on any atom is -0.497 e. The minimum absolute atomic E-state index is 0.241. The van der Waals surface area contributed by atoms with Crippen molar-refractivity contribution in [3.8, 4) is 22.6 Å². The van der Waals surface area contributed by atoms with Crippen molar-refractivity contribution in [2.24, 2.45) is 0 Å². The summed E-state index contributed by atoms with van der Waals surface area (Å²) in [6, 6.07) is 27.5. The fraction of sp³-hybridized carbons (Fsp3) is 0.143. The monoisotopic (exact) mass is 516 g/mol. The molecule has 1 aliphatic carbocycles. The van der Waals surface area contributed by atoms with Crippen LogP contribution in [-0.2, 0) is 11.0 Å². The van der Waals surface area contributed by atoms with Gasteiger partial charge in [-0.3, -0.25) is 0 Å². The molecule has 0 bridgehead atoms. The Morgan fingerprint density at radius 3 is 2.08 bits per heavy atom. The first-order valence-electron chi connectivity index (χ1n) is 13.0. The molecule has 0 radical (unpaired) electrons. The molecule has 5 aromatic rings. The largest absolute Gasteiger partial charge is 0.497 e. The predicted molar refractivity (Wildman–Crippen MR) is 151 cm³/mol. The van der Waals surface area contributed by atoms with Crippen LogP contribution < -0.4 is 9.47 Å². The first-order chi connectivity index (χ1) is 18.8. The number of hydrogen-bond acceptors (Lipinski definition) is 2. The fourth-order valence-corrected chi connectivity index (χ4v) is 6.42. The van der Waals surface area contributed by atoms with Crippen LogP contribution in [0.2, 0.25) is 0 Å². The maximum Gasteiger partial charge on any atom is 0.178 e. The third-order valence-corrected chi connectivity index (χ3v) is 8.29. The molecule has 0 amide bonds. The molecular formula is C35H26F2O2. The van der Waals surface area contributed by atoms with E-state index < -0.39 is 11.0 Å². The molecule has 0 spiro atoms. The number of methoxy groups -OCH3 is 1. The number of rotatable bonds is 3. The zero-order valence-electron chi connectivity index (χ0n) is 21.9. The standard InChI is InChI=1S/C35H26F2O2/c1-34(2)30-20-24(37)14-17-28(30)31-26-6-4-5-7-27(26)33-29(32(31)34)18-19-35(39-33,21-8-12-23(36)13-9-21)22-10-15-25(38-3)16-11-22/h4-20H,1-3H3. The van der Waals surface area contributed by atoms with Crippen molar-refractivity contribution in [1.29, 1.82) is 0 Å². The first kappa shape index (κ1) is 23.7. The highest BCUT2D eigenvalue weighted by molar-refractivity contribution is 6.08. The van der Waals surface area contributed by atoms with E-state index in [2.05, 4.69) is 38.1 Å². The van der Waals surface area contributed by atoms with E-state index in [9.17, 15) is 8.78 Å². The summed E-state index contributed by atoms with van der Waals surface area (Å²) in [6.07, 6.45) is 4.18. The molecule has 1 aliphatic heterocycles. The van der Waals surface area contributed by atoms with Gasteiger partial charge in [0.25, 0.3) is 0 Å². The molecule has 39 heavy (non-hydrogen) atoms. The molecular weight excluding hydrogens is 490 g/mol. The lowest BCUT2D eigenvalue weighted by Crippen LogP contribution is -2.35. The SMILES string of the molecule is COc1ccc(C2(c3ccc(F)cc3)C=Cc3c4c(c5ccccc5c3O2)-c2ccc(F)cc2C4(C)C)cc1. The van der Waals surface area contributed by atoms with Crippen molar-refractivity contribution in [3.05, 3.63) is 137 Å². The first-order valence-corrected chi connectivity index (χ1v) is 13.0. The summed E-state index contributed by atoms with van der Waals surface area (Å²) < 4.78 is 41.0. The lowest BCUT2D eigenvalue weighted by atomic mass is 9.77. The molecule has 2 aliphatic rings. The Morgan fingerprint density at radius 2 is 1.38 bits per heavy atom. The second-order valence-corrected chi connectivity index (χ2v) is 10.8. The number of ether oxygens (including phenoxy) is 2. The van der Waals surface area contributed by atoms with Crippen molar-refractivity contribution < 1.29 is 18.3 Å². The van der Waals surface area contributed by atoms with Gasteiger partial charge in [0.2, 0.25) is 0 Å². The fourth-order valence-electron chi connectivity index (χ4n) is 6.42. The molecule has 1 atom stereocenters. The average Bonchev–Trinajstić information content (AvgIpc) is 3.19. The summed E-state index contributed by atoms with van der Waals surface area (Å²) in [5.41, 5.74) is 5.51. The van der Waals surface area contributed by atoms with Crippen LogP contribution in [0.5, 0.6) is 11.5 Å². The predicted octanol–water partition coefficient (Wildman–Crippen LogP) is 8.78. The van der Waals surface area contributed by atoms with E-state index in [1.807, 2.05) is 42.5 Å². The van der Waals surface area contributed by atoms with Crippen molar-refractivity contribution in [1.82, 2.24) is 0 Å². The van der Waals surface area contributed by atoms with Gasteiger partial charge >= 0.3 is 0 Å². The molecule has 192 valence electrons. The Morgan fingerprint density at radius 1 is 0.744 bits per heavy atom. The topological polar surface area (TPSA) is 18.5 Å². The van der Waals surface area contributed by atoms with Crippen LogP contribution in [0.3, 0.4) is 0 Å². The van der Waals surface area contributed by atoms with Gasteiger partial charge in [0.15, 0.2) is 5.60 Å². The van der Waals surface area contributed by atoms with Crippen LogP contribution >= 0.6 is 0 Å². The zero-order valence-corrected chi connectivity index (χ0v) is 21.9. The Kier molecular flexibility index (Phi) is 5.02. The van der Waals surface area contributed by atoms with Gasteiger partial charge in [0, 0.05) is 27.5 Å². The maximum absolute atomic E-state index is 14.5. The third-order valence-electron chi connectivity index (χ3n) is 8.29. The van der Waals surface area contributed by atoms with Crippen LogP contribution in [0.15, 0.2) is 97.1 Å². The van der Waals surface area contributed by atoms with E-state index in [-0.39, 0.29) is 11.6 Å². The molecule has 0 aromatic heterocycles. The Hall–Kier alpha value is -4.44. The quantitative estimate of drug-likeness (QED) is 0.239. The molecule has 0 saturated heterocycles. The van der Waals surface area contributed by atoms with Gasteiger partial charge in [-0.15, -0.1) is 0 Å². The van der Waals surface area contributed by atoms with E-state index in [1.165, 1.54) is 18.2 Å². The molecule has 0 fully saturated rings. The van der Waals surface area contributed by atoms with E-state index >= 15 is 0 Å². The van der Waals surface area contributed by atoms with E-state index in [4.69, 9.17) is 9.47 Å². The van der Waals surface area contributed by atoms with Crippen molar-refractivity contribution in [2.75, 3.05) is 7.11 Å². The van der Waals surface area contributed by atoms with Crippen molar-refractivity contribution in [2.45, 2.75) is 24.9 Å². The molecule has 5 aromatic carbocycles. The van der Waals surface area contributed by atoms with Gasteiger partial charge in [-0.05, 0) is 70.1 Å². The summed E-state index contributed by atoms with van der Waals surface area (Å²) in [5.74, 6) is 0.949. The molecule has 1 heterocycles. The summed E-state index contributed by atoms with van der Waals surface area (Å²) in [6.45, 7) is 4.29. The highest BCUT2D eigenvalue weighted by Crippen LogP contribution is 2.58. The second-order valence-electron chi connectivity index (χ2n) is 10.8.